The number of carboxylic acid groups (broad SMARTS) is 1. The molecule has 7 heteroatoms. The van der Waals surface area contributed by atoms with Crippen molar-refractivity contribution in [1.82, 2.24) is 0 Å². The summed E-state index contributed by atoms with van der Waals surface area (Å²) in [5.74, 6) is -3.04. The Kier molecular flexibility index (Phi) is 3.69. The van der Waals surface area contributed by atoms with Gasteiger partial charge in [0.05, 0.1) is 17.4 Å². The van der Waals surface area contributed by atoms with Gasteiger partial charge in [0.2, 0.25) is 5.91 Å². The van der Waals surface area contributed by atoms with Gasteiger partial charge in [-0.15, -0.1) is 0 Å². The highest BCUT2D eigenvalue weighted by molar-refractivity contribution is 5.96. The van der Waals surface area contributed by atoms with Crippen LogP contribution in [0, 0.1) is 11.8 Å². The zero-order valence-electron chi connectivity index (χ0n) is 10.3. The van der Waals surface area contributed by atoms with Crippen LogP contribution in [0.3, 0.4) is 0 Å². The molecule has 2 N–H and O–H groups in total. The molecule has 0 aliphatic heterocycles. The number of carbonyl (C=O) groups excluding carboxylic acids is 1. The van der Waals surface area contributed by atoms with E-state index in [2.05, 4.69) is 5.32 Å². The van der Waals surface area contributed by atoms with Gasteiger partial charge in [0.15, 0.2) is 0 Å². The number of rotatable bonds is 3. The zero-order chi connectivity index (χ0) is 14.9. The molecular formula is C13H12F3NO3. The first-order valence-electron chi connectivity index (χ1n) is 6.00. The average molecular weight is 287 g/mol. The van der Waals surface area contributed by atoms with Crippen LogP contribution >= 0.6 is 0 Å². The van der Waals surface area contributed by atoms with E-state index < -0.39 is 35.5 Å². The van der Waals surface area contributed by atoms with Crippen molar-refractivity contribution in [3.8, 4) is 0 Å². The van der Waals surface area contributed by atoms with Gasteiger partial charge in [-0.2, -0.15) is 13.2 Å². The fourth-order valence-electron chi connectivity index (χ4n) is 2.12. The second-order valence-electron chi connectivity index (χ2n) is 4.70. The van der Waals surface area contributed by atoms with Crippen molar-refractivity contribution in [3.63, 3.8) is 0 Å². The molecule has 0 aromatic heterocycles. The maximum atomic E-state index is 12.5. The Bertz CT molecular complexity index is 542. The number of anilines is 1. The van der Waals surface area contributed by atoms with Gasteiger partial charge < -0.3 is 10.4 Å². The molecule has 1 fully saturated rings. The van der Waals surface area contributed by atoms with Crippen molar-refractivity contribution in [3.05, 3.63) is 29.8 Å². The summed E-state index contributed by atoms with van der Waals surface area (Å²) in [4.78, 5) is 22.6. The van der Waals surface area contributed by atoms with Crippen molar-refractivity contribution in [1.29, 1.82) is 0 Å². The standard InChI is InChI=1S/C13H12F3NO3/c14-13(15,16)7-2-1-3-8(6-7)17-11(18)9-4-5-10(9)12(19)20/h1-3,6,9-10H,4-5H2,(H,17,18)(H,19,20). The van der Waals surface area contributed by atoms with Gasteiger partial charge >= 0.3 is 12.1 Å². The smallest absolute Gasteiger partial charge is 0.416 e. The molecule has 2 rings (SSSR count). The minimum atomic E-state index is -4.49. The van der Waals surface area contributed by atoms with Gasteiger partial charge in [0.1, 0.15) is 0 Å². The second-order valence-corrected chi connectivity index (χ2v) is 4.70. The van der Waals surface area contributed by atoms with Crippen LogP contribution < -0.4 is 5.32 Å². The van der Waals surface area contributed by atoms with Crippen LogP contribution in [-0.4, -0.2) is 17.0 Å². The van der Waals surface area contributed by atoms with Gasteiger partial charge in [-0.05, 0) is 31.0 Å². The fourth-order valence-corrected chi connectivity index (χ4v) is 2.12. The Morgan fingerprint density at radius 2 is 1.85 bits per heavy atom. The van der Waals surface area contributed by atoms with Crippen LogP contribution in [0.4, 0.5) is 18.9 Å². The molecule has 0 spiro atoms. The minimum absolute atomic E-state index is 0.0147. The van der Waals surface area contributed by atoms with Crippen LogP contribution in [0.15, 0.2) is 24.3 Å². The van der Waals surface area contributed by atoms with Crippen LogP contribution in [0.25, 0.3) is 0 Å². The van der Waals surface area contributed by atoms with E-state index in [9.17, 15) is 22.8 Å². The Morgan fingerprint density at radius 1 is 1.20 bits per heavy atom. The van der Waals surface area contributed by atoms with Crippen molar-refractivity contribution in [2.75, 3.05) is 5.32 Å². The molecule has 1 saturated carbocycles. The normalized spacial score (nSPS) is 21.9. The minimum Gasteiger partial charge on any atom is -0.481 e. The molecule has 1 aromatic rings. The third-order valence-electron chi connectivity index (χ3n) is 3.39. The summed E-state index contributed by atoms with van der Waals surface area (Å²) in [7, 11) is 0. The van der Waals surface area contributed by atoms with Crippen LogP contribution in [-0.2, 0) is 15.8 Å². The number of aliphatic carboxylic acids is 1. The molecule has 1 aliphatic rings. The van der Waals surface area contributed by atoms with E-state index in [1.165, 1.54) is 12.1 Å². The Hall–Kier alpha value is -2.05. The quantitative estimate of drug-likeness (QED) is 0.898. The van der Waals surface area contributed by atoms with Gasteiger partial charge in [0, 0.05) is 5.69 Å². The van der Waals surface area contributed by atoms with Crippen LogP contribution in [0.5, 0.6) is 0 Å². The summed E-state index contributed by atoms with van der Waals surface area (Å²) >= 11 is 0. The van der Waals surface area contributed by atoms with E-state index in [4.69, 9.17) is 5.11 Å². The molecule has 1 aliphatic carbocycles. The highest BCUT2D eigenvalue weighted by Gasteiger charge is 2.41. The average Bonchev–Trinajstić information content (AvgIpc) is 2.25. The Morgan fingerprint density at radius 3 is 2.35 bits per heavy atom. The molecule has 2 unspecified atom stereocenters. The second kappa shape index (κ2) is 5.15. The predicted molar refractivity (Wildman–Crippen MR) is 63.9 cm³/mol. The fraction of sp³-hybridized carbons (Fsp3) is 0.385. The lowest BCUT2D eigenvalue weighted by atomic mass is 9.73. The van der Waals surface area contributed by atoms with E-state index in [1.807, 2.05) is 0 Å². The molecule has 0 radical (unpaired) electrons. The summed E-state index contributed by atoms with van der Waals surface area (Å²) < 4.78 is 37.6. The number of benzene rings is 1. The Labute approximate surface area is 112 Å². The lowest BCUT2D eigenvalue weighted by Gasteiger charge is -2.31. The monoisotopic (exact) mass is 287 g/mol. The molecule has 4 nitrogen and oxygen atoms in total. The number of nitrogens with one attached hydrogen (secondary N) is 1. The number of carbonyl (C=O) groups is 2. The highest BCUT2D eigenvalue weighted by atomic mass is 19.4. The molecule has 1 amide bonds. The molecule has 2 atom stereocenters. The molecule has 0 heterocycles. The summed E-state index contributed by atoms with van der Waals surface area (Å²) in [6.07, 6.45) is -3.64. The number of carboxylic acids is 1. The molecule has 108 valence electrons. The number of amides is 1. The van der Waals surface area contributed by atoms with E-state index in [0.29, 0.717) is 12.8 Å². The predicted octanol–water partition coefficient (Wildman–Crippen LogP) is 2.75. The van der Waals surface area contributed by atoms with Crippen LogP contribution in [0.2, 0.25) is 0 Å². The third kappa shape index (κ3) is 2.92. The van der Waals surface area contributed by atoms with Crippen molar-refractivity contribution >= 4 is 17.6 Å². The SMILES string of the molecule is O=C(O)C1CCC1C(=O)Nc1cccc(C(F)(F)F)c1. The topological polar surface area (TPSA) is 66.4 Å². The highest BCUT2D eigenvalue weighted by Crippen LogP contribution is 2.36. The maximum absolute atomic E-state index is 12.5. The molecule has 0 bridgehead atoms. The van der Waals surface area contributed by atoms with E-state index in [1.54, 1.807) is 0 Å². The van der Waals surface area contributed by atoms with Gasteiger partial charge in [-0.1, -0.05) is 6.07 Å². The van der Waals surface area contributed by atoms with E-state index in [0.717, 1.165) is 12.1 Å². The number of hydrogen-bond donors (Lipinski definition) is 2. The number of alkyl halides is 3. The van der Waals surface area contributed by atoms with Gasteiger partial charge in [-0.25, -0.2) is 0 Å². The van der Waals surface area contributed by atoms with Crippen molar-refractivity contribution < 1.29 is 27.9 Å². The van der Waals surface area contributed by atoms with E-state index >= 15 is 0 Å². The summed E-state index contributed by atoms with van der Waals surface area (Å²) in [5.41, 5.74) is -0.848. The zero-order valence-corrected chi connectivity index (χ0v) is 10.3. The first-order chi connectivity index (χ1) is 9.29. The van der Waals surface area contributed by atoms with Crippen molar-refractivity contribution in [2.24, 2.45) is 11.8 Å². The summed E-state index contributed by atoms with van der Waals surface area (Å²) in [6.45, 7) is 0. The Balaban J connectivity index is 2.07. The van der Waals surface area contributed by atoms with E-state index in [-0.39, 0.29) is 5.69 Å². The third-order valence-corrected chi connectivity index (χ3v) is 3.39. The van der Waals surface area contributed by atoms with Crippen molar-refractivity contribution in [2.45, 2.75) is 19.0 Å². The molecule has 20 heavy (non-hydrogen) atoms. The number of halogens is 3. The molecule has 0 saturated heterocycles. The van der Waals surface area contributed by atoms with Gasteiger partial charge in [-0.3, -0.25) is 9.59 Å². The molecular weight excluding hydrogens is 275 g/mol. The van der Waals surface area contributed by atoms with Crippen LogP contribution in [0.1, 0.15) is 18.4 Å². The maximum Gasteiger partial charge on any atom is 0.416 e. The largest absolute Gasteiger partial charge is 0.481 e. The summed E-state index contributed by atoms with van der Waals surface area (Å²) in [5, 5.41) is 11.2. The lowest BCUT2D eigenvalue weighted by Crippen LogP contribution is -2.41. The lowest BCUT2D eigenvalue weighted by molar-refractivity contribution is -0.151. The summed E-state index contributed by atoms with van der Waals surface area (Å²) in [6, 6.07) is 4.25. The first kappa shape index (κ1) is 14.4. The van der Waals surface area contributed by atoms with Gasteiger partial charge in [0.25, 0.3) is 0 Å². The molecule has 1 aromatic carbocycles. The first-order valence-corrected chi connectivity index (χ1v) is 6.00. The number of hydrogen-bond acceptors (Lipinski definition) is 2.